The van der Waals surface area contributed by atoms with Gasteiger partial charge in [-0.2, -0.15) is 4.98 Å². The first-order valence-corrected chi connectivity index (χ1v) is 12.4. The van der Waals surface area contributed by atoms with Gasteiger partial charge in [0.1, 0.15) is 36.8 Å². The Morgan fingerprint density at radius 1 is 1.13 bits per heavy atom. The van der Waals surface area contributed by atoms with Gasteiger partial charge >= 0.3 is 11.8 Å². The Hall–Kier alpha value is -3.85. The molecule has 3 rings (SSSR count). The molecular weight excluding hydrogens is 514 g/mol. The fraction of sp³-hybridized carbons (Fsp3) is 0.480. The Balaban J connectivity index is 1.64. The van der Waals surface area contributed by atoms with E-state index in [1.807, 2.05) is 6.07 Å². The van der Waals surface area contributed by atoms with E-state index in [1.165, 1.54) is 19.2 Å². The average molecular weight is 548 g/mol. The number of carbonyl (C=O) groups excluding carboxylic acids is 3. The number of ether oxygens (including phenoxy) is 2. The Kier molecular flexibility index (Phi) is 10.9. The van der Waals surface area contributed by atoms with Crippen LogP contribution in [0.5, 0.6) is 0 Å². The summed E-state index contributed by atoms with van der Waals surface area (Å²) >= 11 is 0. The third kappa shape index (κ3) is 8.58. The summed E-state index contributed by atoms with van der Waals surface area (Å²) in [5, 5.41) is 37.0. The minimum absolute atomic E-state index is 0.00422. The number of unbranched alkanes of at least 4 members (excludes halogenated alkanes) is 1. The van der Waals surface area contributed by atoms with Crippen LogP contribution in [0.1, 0.15) is 38.0 Å². The molecule has 2 heterocycles. The van der Waals surface area contributed by atoms with Gasteiger partial charge in [-0.05, 0) is 30.9 Å². The summed E-state index contributed by atoms with van der Waals surface area (Å²) in [6, 6.07) is 9.26. The summed E-state index contributed by atoms with van der Waals surface area (Å²) in [4.78, 5) is 52.8. The molecule has 0 saturated carbocycles. The van der Waals surface area contributed by atoms with Crippen LogP contribution in [0.25, 0.3) is 0 Å². The van der Waals surface area contributed by atoms with E-state index < -0.39 is 54.9 Å². The summed E-state index contributed by atoms with van der Waals surface area (Å²) in [5.41, 5.74) is -0.118. The summed E-state index contributed by atoms with van der Waals surface area (Å²) in [6.07, 6.45) is -3.56. The molecule has 1 aromatic carbocycles. The van der Waals surface area contributed by atoms with Crippen LogP contribution in [0, 0.1) is 0 Å². The van der Waals surface area contributed by atoms with Crippen LogP contribution < -0.4 is 21.6 Å². The van der Waals surface area contributed by atoms with E-state index in [1.54, 1.807) is 24.3 Å². The van der Waals surface area contributed by atoms with E-state index in [0.717, 1.165) is 10.1 Å². The molecule has 1 aliphatic rings. The Bertz CT molecular complexity index is 1180. The number of alkyl carbamates (subject to hydrolysis) is 1. The third-order valence-electron chi connectivity index (χ3n) is 5.99. The number of aliphatic hydroxyl groups excluding tert-OH is 3. The smallest absolute Gasteiger partial charge is 0.408 e. The Morgan fingerprint density at radius 3 is 2.51 bits per heavy atom. The van der Waals surface area contributed by atoms with Crippen molar-refractivity contribution in [2.24, 2.45) is 0 Å². The molecule has 14 heteroatoms. The van der Waals surface area contributed by atoms with Gasteiger partial charge in [-0.3, -0.25) is 14.2 Å². The molecule has 2 aromatic rings. The van der Waals surface area contributed by atoms with E-state index in [2.05, 4.69) is 20.9 Å². The van der Waals surface area contributed by atoms with Crippen molar-refractivity contribution in [3.05, 3.63) is 58.6 Å². The number of anilines is 1. The number of benzene rings is 1. The van der Waals surface area contributed by atoms with Gasteiger partial charge in [0.25, 0.3) is 0 Å². The molecule has 0 radical (unpaired) electrons. The van der Waals surface area contributed by atoms with Gasteiger partial charge in [0.15, 0.2) is 6.23 Å². The molecule has 1 fully saturated rings. The molecule has 0 spiro atoms. The van der Waals surface area contributed by atoms with Crippen LogP contribution in [0.4, 0.5) is 10.6 Å². The lowest BCUT2D eigenvalue weighted by molar-refractivity contribution is -0.119. The number of rotatable bonds is 12. The highest BCUT2D eigenvalue weighted by Gasteiger charge is 2.43. The zero-order chi connectivity index (χ0) is 28.4. The van der Waals surface area contributed by atoms with Gasteiger partial charge in [-0.25, -0.2) is 9.59 Å². The van der Waals surface area contributed by atoms with Crippen molar-refractivity contribution in [3.63, 3.8) is 0 Å². The van der Waals surface area contributed by atoms with E-state index in [-0.39, 0.29) is 24.8 Å². The molecule has 3 amide bonds. The fourth-order valence-electron chi connectivity index (χ4n) is 3.91. The molecule has 1 unspecified atom stereocenters. The van der Waals surface area contributed by atoms with Crippen molar-refractivity contribution in [3.8, 4) is 0 Å². The zero-order valence-corrected chi connectivity index (χ0v) is 21.4. The SMILES string of the molecule is CC(=O)NCCCCC(NC(=O)OCc1ccccc1)C(=O)Nc1ccn([C@@H]2O[C@H](CO)[C@@H](O)[C@@H]2O)c(=O)n1. The predicted octanol–water partition coefficient (Wildman–Crippen LogP) is -0.605. The molecule has 1 aromatic heterocycles. The maximum absolute atomic E-state index is 13.0. The standard InChI is InChI=1S/C25H33N5O9/c1-15(32)26-11-6-5-9-17(27-25(37)38-14-16-7-3-2-4-8-16)22(35)28-19-10-12-30(24(36)29-19)23-21(34)20(33)18(13-31)39-23/h2-4,7-8,10,12,17-18,20-21,23,31,33-34H,5-6,9,11,13-14H2,1H3,(H,26,32)(H,27,37)(H,28,29,35,36)/t17?,18-,20-,21+,23-/m1/s1. The first-order chi connectivity index (χ1) is 18.7. The normalized spacial score (nSPS) is 21.1. The molecule has 1 aliphatic heterocycles. The lowest BCUT2D eigenvalue weighted by Gasteiger charge is -2.19. The lowest BCUT2D eigenvalue weighted by Crippen LogP contribution is -2.44. The molecule has 6 N–H and O–H groups in total. The van der Waals surface area contributed by atoms with E-state index in [4.69, 9.17) is 9.47 Å². The summed E-state index contributed by atoms with van der Waals surface area (Å²) in [7, 11) is 0. The summed E-state index contributed by atoms with van der Waals surface area (Å²) < 4.78 is 11.5. The molecule has 14 nitrogen and oxygen atoms in total. The highest BCUT2D eigenvalue weighted by Crippen LogP contribution is 2.28. The quantitative estimate of drug-likeness (QED) is 0.186. The van der Waals surface area contributed by atoms with Crippen LogP contribution in [-0.4, -0.2) is 80.3 Å². The fourth-order valence-corrected chi connectivity index (χ4v) is 3.91. The minimum Gasteiger partial charge on any atom is -0.445 e. The maximum atomic E-state index is 13.0. The number of nitrogens with zero attached hydrogens (tertiary/aromatic N) is 2. The Labute approximate surface area is 224 Å². The van der Waals surface area contributed by atoms with Gasteiger partial charge in [-0.1, -0.05) is 30.3 Å². The van der Waals surface area contributed by atoms with Gasteiger partial charge in [0.05, 0.1) is 6.61 Å². The summed E-state index contributed by atoms with van der Waals surface area (Å²) in [6.45, 7) is 1.25. The zero-order valence-electron chi connectivity index (χ0n) is 21.4. The first kappa shape index (κ1) is 29.7. The number of hydrogen-bond acceptors (Lipinski definition) is 10. The van der Waals surface area contributed by atoms with E-state index in [9.17, 15) is 34.5 Å². The number of hydrogen-bond donors (Lipinski definition) is 6. The third-order valence-corrected chi connectivity index (χ3v) is 5.99. The van der Waals surface area contributed by atoms with Crippen molar-refractivity contribution in [2.75, 3.05) is 18.5 Å². The Morgan fingerprint density at radius 2 is 1.87 bits per heavy atom. The topological polar surface area (TPSA) is 201 Å². The highest BCUT2D eigenvalue weighted by atomic mass is 16.6. The maximum Gasteiger partial charge on any atom is 0.408 e. The number of amides is 3. The highest BCUT2D eigenvalue weighted by molar-refractivity contribution is 5.95. The first-order valence-electron chi connectivity index (χ1n) is 12.4. The summed E-state index contributed by atoms with van der Waals surface area (Å²) in [5.74, 6) is -0.941. The van der Waals surface area contributed by atoms with Crippen molar-refractivity contribution >= 4 is 23.7 Å². The molecule has 1 saturated heterocycles. The van der Waals surface area contributed by atoms with Crippen molar-refractivity contribution in [1.29, 1.82) is 0 Å². The number of carbonyl (C=O) groups is 3. The molecular formula is C25H33N5O9. The van der Waals surface area contributed by atoms with Gasteiger partial charge < -0.3 is 40.7 Å². The van der Waals surface area contributed by atoms with Crippen LogP contribution in [-0.2, 0) is 25.7 Å². The minimum atomic E-state index is -1.48. The van der Waals surface area contributed by atoms with Gasteiger partial charge in [-0.15, -0.1) is 0 Å². The van der Waals surface area contributed by atoms with Gasteiger partial charge in [0, 0.05) is 19.7 Å². The van der Waals surface area contributed by atoms with Crippen LogP contribution in [0.15, 0.2) is 47.4 Å². The molecule has 5 atom stereocenters. The average Bonchev–Trinajstić information content (AvgIpc) is 3.20. The van der Waals surface area contributed by atoms with E-state index >= 15 is 0 Å². The number of aliphatic hydroxyl groups is 3. The van der Waals surface area contributed by atoms with Gasteiger partial charge in [0.2, 0.25) is 11.8 Å². The van der Waals surface area contributed by atoms with Crippen LogP contribution >= 0.6 is 0 Å². The predicted molar refractivity (Wildman–Crippen MR) is 136 cm³/mol. The second-order valence-electron chi connectivity index (χ2n) is 8.96. The molecule has 39 heavy (non-hydrogen) atoms. The number of nitrogens with one attached hydrogen (secondary N) is 3. The van der Waals surface area contributed by atoms with E-state index in [0.29, 0.717) is 19.4 Å². The lowest BCUT2D eigenvalue weighted by atomic mass is 10.1. The second kappa shape index (κ2) is 14.3. The molecule has 212 valence electrons. The van der Waals surface area contributed by atoms with Crippen molar-refractivity contribution in [2.45, 2.75) is 63.4 Å². The van der Waals surface area contributed by atoms with Crippen LogP contribution in [0.3, 0.4) is 0 Å². The van der Waals surface area contributed by atoms with Crippen molar-refractivity contribution in [1.82, 2.24) is 20.2 Å². The monoisotopic (exact) mass is 547 g/mol. The van der Waals surface area contributed by atoms with Crippen molar-refractivity contribution < 1.29 is 39.2 Å². The number of aromatic nitrogens is 2. The molecule has 0 bridgehead atoms. The second-order valence-corrected chi connectivity index (χ2v) is 8.96. The molecule has 0 aliphatic carbocycles. The largest absolute Gasteiger partial charge is 0.445 e. The van der Waals surface area contributed by atoms with Crippen LogP contribution in [0.2, 0.25) is 0 Å².